The molecule has 10 heteroatoms. The maximum Gasteiger partial charge on any atom is 0.250 e. The van der Waals surface area contributed by atoms with Crippen LogP contribution in [0.25, 0.3) is 0 Å². The number of halogens is 1. The number of aromatic nitrogens is 3. The Kier molecular flexibility index (Phi) is 7.86. The smallest absolute Gasteiger partial charge is 0.250 e. The first kappa shape index (κ1) is 21.8. The summed E-state index contributed by atoms with van der Waals surface area (Å²) in [5.41, 5.74) is 4.33. The van der Waals surface area contributed by atoms with Crippen LogP contribution in [0.5, 0.6) is 5.75 Å². The van der Waals surface area contributed by atoms with Crippen LogP contribution in [0.1, 0.15) is 11.4 Å². The van der Waals surface area contributed by atoms with Gasteiger partial charge in [-0.05, 0) is 42.0 Å². The first-order valence-corrected chi connectivity index (χ1v) is 10.8. The van der Waals surface area contributed by atoms with E-state index in [0.29, 0.717) is 11.7 Å². The predicted octanol–water partition coefficient (Wildman–Crippen LogP) is 3.44. The average Bonchev–Trinajstić information content (AvgIpc) is 3.11. The van der Waals surface area contributed by atoms with Crippen molar-refractivity contribution >= 4 is 45.5 Å². The van der Waals surface area contributed by atoms with E-state index in [1.807, 2.05) is 60.1 Å². The number of thioether (sulfide) groups is 1. The van der Waals surface area contributed by atoms with E-state index in [1.165, 1.54) is 11.8 Å². The summed E-state index contributed by atoms with van der Waals surface area (Å²) in [6.07, 6.45) is 1.57. The molecule has 0 saturated heterocycles. The molecule has 30 heavy (non-hydrogen) atoms. The van der Waals surface area contributed by atoms with E-state index in [0.717, 1.165) is 27.3 Å². The van der Waals surface area contributed by atoms with Gasteiger partial charge in [-0.3, -0.25) is 4.79 Å². The molecule has 0 aliphatic rings. The van der Waals surface area contributed by atoms with Gasteiger partial charge in [-0.15, -0.1) is 10.2 Å². The maximum atomic E-state index is 12.0. The lowest BCUT2D eigenvalue weighted by Gasteiger charge is -2.07. The van der Waals surface area contributed by atoms with Crippen LogP contribution in [0, 0.1) is 0 Å². The second-order valence-corrected chi connectivity index (χ2v) is 8.03. The average molecular weight is 489 g/mol. The van der Waals surface area contributed by atoms with Crippen LogP contribution < -0.4 is 15.5 Å². The molecule has 3 aromatic rings. The van der Waals surface area contributed by atoms with Crippen molar-refractivity contribution in [1.82, 2.24) is 20.2 Å². The van der Waals surface area contributed by atoms with Crippen LogP contribution in [0.15, 0.2) is 63.3 Å². The summed E-state index contributed by atoms with van der Waals surface area (Å²) in [6.45, 7) is 0.530. The van der Waals surface area contributed by atoms with E-state index >= 15 is 0 Å². The summed E-state index contributed by atoms with van der Waals surface area (Å²) in [6, 6.07) is 15.3. The van der Waals surface area contributed by atoms with Gasteiger partial charge in [0.2, 0.25) is 0 Å². The minimum Gasteiger partial charge on any atom is -0.497 e. The maximum absolute atomic E-state index is 12.0. The van der Waals surface area contributed by atoms with Crippen LogP contribution in [0.2, 0.25) is 0 Å². The Hall–Kier alpha value is -2.85. The van der Waals surface area contributed by atoms with Crippen molar-refractivity contribution in [2.24, 2.45) is 12.1 Å². The molecule has 0 fully saturated rings. The van der Waals surface area contributed by atoms with E-state index in [-0.39, 0.29) is 11.7 Å². The highest BCUT2D eigenvalue weighted by molar-refractivity contribution is 9.10. The summed E-state index contributed by atoms with van der Waals surface area (Å²) in [4.78, 5) is 12.0. The number of hydrogen-bond acceptors (Lipinski definition) is 7. The highest BCUT2D eigenvalue weighted by atomic mass is 79.9. The summed E-state index contributed by atoms with van der Waals surface area (Å²) in [5.74, 6) is 1.46. The molecule has 0 spiro atoms. The van der Waals surface area contributed by atoms with Crippen molar-refractivity contribution < 1.29 is 9.53 Å². The molecule has 2 aromatic carbocycles. The Morgan fingerprint density at radius 2 is 2.07 bits per heavy atom. The number of carbonyl (C=O) groups excluding carboxylic acids is 1. The van der Waals surface area contributed by atoms with Crippen molar-refractivity contribution in [2.45, 2.75) is 11.7 Å². The van der Waals surface area contributed by atoms with Crippen molar-refractivity contribution in [3.63, 3.8) is 0 Å². The number of rotatable bonds is 9. The third kappa shape index (κ3) is 6.33. The van der Waals surface area contributed by atoms with E-state index in [4.69, 9.17) is 4.74 Å². The lowest BCUT2D eigenvalue weighted by atomic mass is 10.2. The molecule has 2 N–H and O–H groups in total. The number of anilines is 1. The van der Waals surface area contributed by atoms with Gasteiger partial charge < -0.3 is 14.6 Å². The molecule has 0 bridgehead atoms. The Morgan fingerprint density at radius 1 is 1.27 bits per heavy atom. The minimum atomic E-state index is -0.225. The highest BCUT2D eigenvalue weighted by Crippen LogP contribution is 2.17. The van der Waals surface area contributed by atoms with Gasteiger partial charge in [0.1, 0.15) is 5.75 Å². The molecule has 1 heterocycles. The first-order chi connectivity index (χ1) is 14.5. The second kappa shape index (κ2) is 10.8. The topological polar surface area (TPSA) is 93.4 Å². The van der Waals surface area contributed by atoms with Gasteiger partial charge in [-0.2, -0.15) is 5.10 Å². The highest BCUT2D eigenvalue weighted by Gasteiger charge is 2.11. The summed E-state index contributed by atoms with van der Waals surface area (Å²) < 4.78 is 8.05. The first-order valence-electron chi connectivity index (χ1n) is 9.01. The summed E-state index contributed by atoms with van der Waals surface area (Å²) >= 11 is 4.72. The number of amides is 1. The van der Waals surface area contributed by atoms with E-state index in [1.54, 1.807) is 13.3 Å². The molecule has 156 valence electrons. The molecule has 0 unspecified atom stereocenters. The number of nitrogens with one attached hydrogen (secondary N) is 2. The molecular formula is C20H21BrN6O2S. The van der Waals surface area contributed by atoms with Crippen molar-refractivity contribution in [2.75, 3.05) is 18.2 Å². The molecule has 1 amide bonds. The third-order valence-corrected chi connectivity index (χ3v) is 5.60. The fourth-order valence-corrected chi connectivity index (χ4v) is 3.42. The van der Waals surface area contributed by atoms with Crippen LogP contribution >= 0.6 is 27.7 Å². The predicted molar refractivity (Wildman–Crippen MR) is 122 cm³/mol. The molecule has 0 aliphatic heterocycles. The molecule has 1 aromatic heterocycles. The SMILES string of the molecule is COc1cccc(/C=N/NC(=O)CSc2nnc(CNc3ccc(Br)cc3)n2C)c1. The number of carbonyl (C=O) groups is 1. The molecule has 0 atom stereocenters. The van der Waals surface area contributed by atoms with Crippen LogP contribution in [0.3, 0.4) is 0 Å². The molecular weight excluding hydrogens is 468 g/mol. The van der Waals surface area contributed by atoms with Gasteiger partial charge in [0, 0.05) is 17.2 Å². The standard InChI is InChI=1S/C20H21BrN6O2S/c1-27-18(12-22-16-8-6-15(21)7-9-16)24-26-20(27)30-13-19(28)25-23-11-14-4-3-5-17(10-14)29-2/h3-11,22H,12-13H2,1-2H3,(H,25,28)/b23-11+. The van der Waals surface area contributed by atoms with Gasteiger partial charge in [0.05, 0.1) is 25.6 Å². The molecule has 0 saturated carbocycles. The zero-order valence-electron chi connectivity index (χ0n) is 16.5. The molecule has 8 nitrogen and oxygen atoms in total. The quantitative estimate of drug-likeness (QED) is 0.272. The fraction of sp³-hybridized carbons (Fsp3) is 0.200. The van der Waals surface area contributed by atoms with E-state index < -0.39 is 0 Å². The van der Waals surface area contributed by atoms with Gasteiger partial charge in [-0.25, -0.2) is 5.43 Å². The number of ether oxygens (including phenoxy) is 1. The van der Waals surface area contributed by atoms with Gasteiger partial charge in [0.15, 0.2) is 11.0 Å². The second-order valence-electron chi connectivity index (χ2n) is 6.18. The zero-order chi connectivity index (χ0) is 21.3. The summed E-state index contributed by atoms with van der Waals surface area (Å²) in [5, 5.41) is 16.3. The largest absolute Gasteiger partial charge is 0.497 e. The summed E-state index contributed by atoms with van der Waals surface area (Å²) in [7, 11) is 3.48. The number of methoxy groups -OCH3 is 1. The normalized spacial score (nSPS) is 10.9. The van der Waals surface area contributed by atoms with Gasteiger partial charge in [-0.1, -0.05) is 39.8 Å². The lowest BCUT2D eigenvalue weighted by Crippen LogP contribution is -2.20. The van der Waals surface area contributed by atoms with Crippen molar-refractivity contribution in [1.29, 1.82) is 0 Å². The minimum absolute atomic E-state index is 0.182. The van der Waals surface area contributed by atoms with Crippen LogP contribution in [0.4, 0.5) is 5.69 Å². The number of hydrazone groups is 1. The third-order valence-electron chi connectivity index (χ3n) is 4.05. The Labute approximate surface area is 187 Å². The number of benzene rings is 2. The van der Waals surface area contributed by atoms with Gasteiger partial charge in [0.25, 0.3) is 5.91 Å². The number of hydrogen-bond donors (Lipinski definition) is 2. The fourth-order valence-electron chi connectivity index (χ4n) is 2.44. The Balaban J connectivity index is 1.46. The zero-order valence-corrected chi connectivity index (χ0v) is 18.9. The number of nitrogens with zero attached hydrogens (tertiary/aromatic N) is 4. The molecule has 3 rings (SSSR count). The van der Waals surface area contributed by atoms with E-state index in [9.17, 15) is 4.79 Å². The molecule has 0 radical (unpaired) electrons. The van der Waals surface area contributed by atoms with E-state index in [2.05, 4.69) is 42.0 Å². The Morgan fingerprint density at radius 3 is 2.83 bits per heavy atom. The van der Waals surface area contributed by atoms with Crippen molar-refractivity contribution in [3.8, 4) is 5.75 Å². The van der Waals surface area contributed by atoms with Crippen LogP contribution in [-0.4, -0.2) is 39.7 Å². The monoisotopic (exact) mass is 488 g/mol. The van der Waals surface area contributed by atoms with Gasteiger partial charge >= 0.3 is 0 Å². The van der Waals surface area contributed by atoms with Crippen molar-refractivity contribution in [3.05, 3.63) is 64.4 Å². The van der Waals surface area contributed by atoms with Crippen LogP contribution in [-0.2, 0) is 18.4 Å². The lowest BCUT2D eigenvalue weighted by molar-refractivity contribution is -0.118. The molecule has 0 aliphatic carbocycles. The Bertz CT molecular complexity index is 1020.